The Labute approximate surface area is 182 Å². The van der Waals surface area contributed by atoms with Crippen LogP contribution in [0.15, 0.2) is 16.8 Å². The van der Waals surface area contributed by atoms with E-state index in [0.717, 1.165) is 35.2 Å². The number of ether oxygens (including phenoxy) is 1. The zero-order valence-electron chi connectivity index (χ0n) is 18.7. The number of nitrogens with one attached hydrogen (secondary N) is 1. The number of likely N-dealkylation sites (tertiary alicyclic amines) is 1. The second-order valence-corrected chi connectivity index (χ2v) is 10.7. The van der Waals surface area contributed by atoms with Gasteiger partial charge in [-0.05, 0) is 39.7 Å². The van der Waals surface area contributed by atoms with Crippen LogP contribution >= 0.6 is 11.3 Å². The molecule has 2 aromatic rings. The molecule has 0 aromatic carbocycles. The Bertz CT molecular complexity index is 889. The lowest BCUT2D eigenvalue weighted by molar-refractivity contribution is 0.0206. The van der Waals surface area contributed by atoms with Crippen molar-refractivity contribution in [2.75, 3.05) is 18.4 Å². The van der Waals surface area contributed by atoms with Crippen molar-refractivity contribution in [2.45, 2.75) is 71.4 Å². The highest BCUT2D eigenvalue weighted by molar-refractivity contribution is 7.16. The molecule has 7 nitrogen and oxygen atoms in total. The van der Waals surface area contributed by atoms with Crippen molar-refractivity contribution in [3.05, 3.63) is 28.9 Å². The van der Waals surface area contributed by atoms with E-state index in [9.17, 15) is 4.79 Å². The SMILES string of the molecule is CC(C)(C)OC(=O)N1CCC[C@@H](Nc2ncc(/C=C/c3ncc(C(C)(C)C)o3)s2)C1. The van der Waals surface area contributed by atoms with Crippen LogP contribution in [0.4, 0.5) is 9.93 Å². The molecule has 3 heterocycles. The maximum Gasteiger partial charge on any atom is 0.410 e. The standard InChI is InChI=1S/C22H32N4O3S/c1-21(2,3)17-13-23-18(28-17)10-9-16-12-24-19(30-16)25-15-8-7-11-26(14-15)20(27)29-22(4,5)6/h9-10,12-13,15H,7-8,11,14H2,1-6H3,(H,24,25)/b10-9+/t15-/m1/s1. The summed E-state index contributed by atoms with van der Waals surface area (Å²) in [5.41, 5.74) is -0.543. The van der Waals surface area contributed by atoms with Crippen LogP contribution < -0.4 is 5.32 Å². The topological polar surface area (TPSA) is 80.5 Å². The van der Waals surface area contributed by atoms with E-state index >= 15 is 0 Å². The van der Waals surface area contributed by atoms with Crippen LogP contribution in [0.25, 0.3) is 12.2 Å². The maximum atomic E-state index is 12.3. The minimum atomic E-state index is -0.482. The van der Waals surface area contributed by atoms with Gasteiger partial charge in [-0.2, -0.15) is 0 Å². The van der Waals surface area contributed by atoms with Gasteiger partial charge in [0, 0.05) is 41.7 Å². The molecule has 1 amide bonds. The number of rotatable bonds is 4. The molecule has 0 bridgehead atoms. The average molecular weight is 433 g/mol. The third kappa shape index (κ3) is 6.32. The molecule has 1 saturated heterocycles. The molecule has 164 valence electrons. The Hall–Kier alpha value is -2.35. The summed E-state index contributed by atoms with van der Waals surface area (Å²) in [6, 6.07) is 0.162. The normalized spacial score (nSPS) is 18.1. The Morgan fingerprint density at radius 1 is 1.23 bits per heavy atom. The summed E-state index contributed by atoms with van der Waals surface area (Å²) < 4.78 is 11.3. The molecule has 1 atom stereocenters. The fraction of sp³-hybridized carbons (Fsp3) is 0.591. The number of aromatic nitrogens is 2. The smallest absolute Gasteiger partial charge is 0.410 e. The summed E-state index contributed by atoms with van der Waals surface area (Å²) in [5.74, 6) is 1.45. The van der Waals surface area contributed by atoms with Crippen LogP contribution in [0, 0.1) is 0 Å². The van der Waals surface area contributed by atoms with Gasteiger partial charge in [0.25, 0.3) is 0 Å². The second kappa shape index (κ2) is 8.79. The number of carbonyl (C=O) groups excluding carboxylic acids is 1. The number of amides is 1. The van der Waals surface area contributed by atoms with Crippen LogP contribution in [-0.2, 0) is 10.2 Å². The molecule has 30 heavy (non-hydrogen) atoms. The average Bonchev–Trinajstić information content (AvgIpc) is 3.28. The number of nitrogens with zero attached hydrogens (tertiary/aromatic N) is 3. The van der Waals surface area contributed by atoms with Gasteiger partial charge >= 0.3 is 6.09 Å². The quantitative estimate of drug-likeness (QED) is 0.696. The zero-order chi connectivity index (χ0) is 21.9. The number of piperidine rings is 1. The van der Waals surface area contributed by atoms with E-state index in [0.29, 0.717) is 12.4 Å². The van der Waals surface area contributed by atoms with Crippen LogP contribution in [0.1, 0.15) is 70.9 Å². The molecule has 1 N–H and O–H groups in total. The Morgan fingerprint density at radius 3 is 2.67 bits per heavy atom. The van der Waals surface area contributed by atoms with Crippen LogP contribution in [-0.4, -0.2) is 45.7 Å². The van der Waals surface area contributed by atoms with Gasteiger partial charge in [0.2, 0.25) is 5.89 Å². The van der Waals surface area contributed by atoms with Crippen molar-refractivity contribution < 1.29 is 13.9 Å². The molecule has 1 fully saturated rings. The van der Waals surface area contributed by atoms with E-state index in [4.69, 9.17) is 9.15 Å². The number of oxazole rings is 1. The van der Waals surface area contributed by atoms with Crippen molar-refractivity contribution >= 4 is 34.7 Å². The molecular formula is C22H32N4O3S. The number of thiazole rings is 1. The Kier molecular flexibility index (Phi) is 6.55. The highest BCUT2D eigenvalue weighted by Crippen LogP contribution is 2.26. The van der Waals surface area contributed by atoms with E-state index in [-0.39, 0.29) is 17.6 Å². The molecule has 0 unspecified atom stereocenters. The van der Waals surface area contributed by atoms with E-state index in [1.165, 1.54) is 0 Å². The first-order valence-electron chi connectivity index (χ1n) is 10.3. The molecule has 0 aliphatic carbocycles. The van der Waals surface area contributed by atoms with Gasteiger partial charge in [0.1, 0.15) is 11.4 Å². The maximum absolute atomic E-state index is 12.3. The monoisotopic (exact) mass is 432 g/mol. The third-order valence-corrected chi connectivity index (χ3v) is 5.47. The first kappa shape index (κ1) is 22.3. The molecule has 2 aromatic heterocycles. The van der Waals surface area contributed by atoms with Crippen molar-refractivity contribution in [1.82, 2.24) is 14.9 Å². The zero-order valence-corrected chi connectivity index (χ0v) is 19.5. The minimum absolute atomic E-state index is 0.0617. The van der Waals surface area contributed by atoms with Gasteiger partial charge in [-0.25, -0.2) is 14.8 Å². The Balaban J connectivity index is 1.56. The molecule has 0 saturated carbocycles. The van der Waals surface area contributed by atoms with Crippen molar-refractivity contribution in [3.8, 4) is 0 Å². The highest BCUT2D eigenvalue weighted by atomic mass is 32.1. The minimum Gasteiger partial charge on any atom is -0.444 e. The summed E-state index contributed by atoms with van der Waals surface area (Å²) in [7, 11) is 0. The third-order valence-electron chi connectivity index (χ3n) is 4.58. The second-order valence-electron chi connectivity index (χ2n) is 9.62. The van der Waals surface area contributed by atoms with E-state index < -0.39 is 5.60 Å². The number of carbonyl (C=O) groups is 1. The number of hydrogen-bond donors (Lipinski definition) is 1. The van der Waals surface area contributed by atoms with Gasteiger partial charge in [-0.3, -0.25) is 0 Å². The van der Waals surface area contributed by atoms with Crippen LogP contribution in [0.3, 0.4) is 0 Å². The predicted octanol–water partition coefficient (Wildman–Crippen LogP) is 5.41. The summed E-state index contributed by atoms with van der Waals surface area (Å²) >= 11 is 1.56. The fourth-order valence-electron chi connectivity index (χ4n) is 3.06. The summed E-state index contributed by atoms with van der Waals surface area (Å²) in [4.78, 5) is 23.9. The van der Waals surface area contributed by atoms with E-state index in [2.05, 4.69) is 36.1 Å². The Morgan fingerprint density at radius 2 is 2.00 bits per heavy atom. The van der Waals surface area contributed by atoms with Crippen LogP contribution in [0.2, 0.25) is 0 Å². The molecule has 0 radical (unpaired) electrons. The van der Waals surface area contributed by atoms with E-state index in [1.54, 1.807) is 22.4 Å². The van der Waals surface area contributed by atoms with Gasteiger partial charge < -0.3 is 19.4 Å². The van der Waals surface area contributed by atoms with E-state index in [1.807, 2.05) is 39.1 Å². The van der Waals surface area contributed by atoms with Gasteiger partial charge in [0.15, 0.2) is 5.13 Å². The molecule has 3 rings (SSSR count). The number of anilines is 1. The lowest BCUT2D eigenvalue weighted by Gasteiger charge is -2.34. The van der Waals surface area contributed by atoms with Crippen molar-refractivity contribution in [1.29, 1.82) is 0 Å². The summed E-state index contributed by atoms with van der Waals surface area (Å²) in [6.45, 7) is 13.3. The lowest BCUT2D eigenvalue weighted by atomic mass is 9.94. The first-order valence-corrected chi connectivity index (χ1v) is 11.2. The molecular weight excluding hydrogens is 400 g/mol. The highest BCUT2D eigenvalue weighted by Gasteiger charge is 2.28. The van der Waals surface area contributed by atoms with Crippen molar-refractivity contribution in [2.24, 2.45) is 0 Å². The van der Waals surface area contributed by atoms with Gasteiger partial charge in [0.05, 0.1) is 6.20 Å². The molecule has 8 heteroatoms. The van der Waals surface area contributed by atoms with Crippen molar-refractivity contribution in [3.63, 3.8) is 0 Å². The van der Waals surface area contributed by atoms with Gasteiger partial charge in [-0.15, -0.1) is 0 Å². The first-order chi connectivity index (χ1) is 14.0. The summed E-state index contributed by atoms with van der Waals surface area (Å²) in [5, 5.41) is 4.30. The summed E-state index contributed by atoms with van der Waals surface area (Å²) in [6.07, 6.45) is 9.10. The largest absolute Gasteiger partial charge is 0.444 e. The molecule has 1 aliphatic heterocycles. The fourth-order valence-corrected chi connectivity index (χ4v) is 3.85. The molecule has 1 aliphatic rings. The molecule has 0 spiro atoms. The lowest BCUT2D eigenvalue weighted by Crippen LogP contribution is -2.46. The number of hydrogen-bond acceptors (Lipinski definition) is 7. The van der Waals surface area contributed by atoms with Gasteiger partial charge in [-0.1, -0.05) is 32.1 Å². The van der Waals surface area contributed by atoms with Crippen LogP contribution in [0.5, 0.6) is 0 Å². The predicted molar refractivity (Wildman–Crippen MR) is 121 cm³/mol.